The number of pyridine rings is 1. The second-order valence-corrected chi connectivity index (χ2v) is 5.03. The first kappa shape index (κ1) is 16.4. The highest BCUT2D eigenvalue weighted by Gasteiger charge is 2.19. The molecule has 0 aromatic carbocycles. The number of nitrogens with one attached hydrogen (secondary N) is 1. The quantitative estimate of drug-likeness (QED) is 0.769. The number of carboxylic acid groups (broad SMARTS) is 1. The van der Waals surface area contributed by atoms with Crippen LogP contribution in [0.15, 0.2) is 21.9 Å². The van der Waals surface area contributed by atoms with Gasteiger partial charge in [-0.3, -0.25) is 23.9 Å². The van der Waals surface area contributed by atoms with E-state index in [2.05, 4.69) is 9.97 Å². The second kappa shape index (κ2) is 6.42. The summed E-state index contributed by atoms with van der Waals surface area (Å²) in [5.74, 6) is -1.65. The van der Waals surface area contributed by atoms with Gasteiger partial charge >= 0.3 is 11.7 Å². The first-order valence-corrected chi connectivity index (χ1v) is 6.95. The van der Waals surface area contributed by atoms with Crippen molar-refractivity contribution in [3.8, 4) is 0 Å². The third kappa shape index (κ3) is 3.28. The lowest BCUT2D eigenvalue weighted by Gasteiger charge is -2.19. The molecular weight excluding hydrogens is 304 g/mol. The molecule has 0 unspecified atom stereocenters. The molecule has 9 heteroatoms. The first-order chi connectivity index (χ1) is 10.8. The fourth-order valence-corrected chi connectivity index (χ4v) is 2.22. The van der Waals surface area contributed by atoms with Crippen LogP contribution in [0.1, 0.15) is 23.7 Å². The van der Waals surface area contributed by atoms with Crippen molar-refractivity contribution in [2.75, 3.05) is 13.1 Å². The van der Waals surface area contributed by atoms with Gasteiger partial charge in [-0.25, -0.2) is 9.78 Å². The molecule has 0 saturated heterocycles. The number of aliphatic carboxylic acids is 1. The Labute approximate surface area is 130 Å². The number of amides is 1. The van der Waals surface area contributed by atoms with Crippen LogP contribution in [0.3, 0.4) is 0 Å². The van der Waals surface area contributed by atoms with Gasteiger partial charge in [0.15, 0.2) is 0 Å². The van der Waals surface area contributed by atoms with Crippen LogP contribution in [0.2, 0.25) is 0 Å². The van der Waals surface area contributed by atoms with Gasteiger partial charge in [-0.05, 0) is 12.5 Å². The number of carbonyl (C=O) groups excluding carboxylic acids is 1. The van der Waals surface area contributed by atoms with Crippen molar-refractivity contribution in [1.82, 2.24) is 19.4 Å². The Kier molecular flexibility index (Phi) is 4.58. The predicted octanol–water partition coefficient (Wildman–Crippen LogP) is -0.441. The molecule has 0 saturated carbocycles. The number of nitrogens with zero attached hydrogens (tertiary/aromatic N) is 3. The van der Waals surface area contributed by atoms with Gasteiger partial charge in [0, 0.05) is 19.8 Å². The number of aromatic amines is 1. The summed E-state index contributed by atoms with van der Waals surface area (Å²) in [5, 5.41) is 8.97. The van der Waals surface area contributed by atoms with Crippen LogP contribution < -0.4 is 11.2 Å². The number of rotatable bonds is 5. The summed E-state index contributed by atoms with van der Waals surface area (Å²) < 4.78 is 1.16. The van der Waals surface area contributed by atoms with E-state index in [9.17, 15) is 19.2 Å². The molecule has 122 valence electrons. The van der Waals surface area contributed by atoms with Crippen molar-refractivity contribution in [2.45, 2.75) is 13.3 Å². The van der Waals surface area contributed by atoms with Crippen LogP contribution in [0.25, 0.3) is 11.0 Å². The van der Waals surface area contributed by atoms with E-state index in [1.54, 1.807) is 0 Å². The molecule has 0 aliphatic carbocycles. The summed E-state index contributed by atoms with van der Waals surface area (Å²) in [6.07, 6.45) is 1.82. The molecule has 0 fully saturated rings. The Bertz CT molecular complexity index is 883. The minimum atomic E-state index is -1.12. The van der Waals surface area contributed by atoms with E-state index in [1.165, 1.54) is 24.2 Å². The highest BCUT2D eigenvalue weighted by Crippen LogP contribution is 2.10. The Morgan fingerprint density at radius 2 is 2.09 bits per heavy atom. The number of hydrogen-bond acceptors (Lipinski definition) is 5. The van der Waals surface area contributed by atoms with E-state index >= 15 is 0 Å². The lowest BCUT2D eigenvalue weighted by atomic mass is 10.2. The minimum absolute atomic E-state index is 0.0877. The van der Waals surface area contributed by atoms with E-state index in [-0.39, 0.29) is 23.1 Å². The van der Waals surface area contributed by atoms with E-state index in [0.717, 1.165) is 4.57 Å². The summed E-state index contributed by atoms with van der Waals surface area (Å²) >= 11 is 0. The number of aromatic nitrogens is 3. The third-order valence-corrected chi connectivity index (χ3v) is 3.31. The predicted molar refractivity (Wildman–Crippen MR) is 81.4 cm³/mol. The molecule has 1 amide bonds. The largest absolute Gasteiger partial charge is 0.480 e. The Morgan fingerprint density at radius 3 is 2.70 bits per heavy atom. The zero-order valence-corrected chi connectivity index (χ0v) is 12.7. The number of aryl methyl sites for hydroxylation is 1. The highest BCUT2D eigenvalue weighted by atomic mass is 16.4. The molecule has 23 heavy (non-hydrogen) atoms. The van der Waals surface area contributed by atoms with Crippen LogP contribution in [0.4, 0.5) is 0 Å². The van der Waals surface area contributed by atoms with Gasteiger partial charge in [-0.1, -0.05) is 6.92 Å². The van der Waals surface area contributed by atoms with Crippen LogP contribution in [0, 0.1) is 0 Å². The Balaban J connectivity index is 2.51. The van der Waals surface area contributed by atoms with Crippen LogP contribution in [-0.2, 0) is 11.8 Å². The van der Waals surface area contributed by atoms with Crippen molar-refractivity contribution in [1.29, 1.82) is 0 Å². The Morgan fingerprint density at radius 1 is 1.39 bits per heavy atom. The molecule has 2 aromatic rings. The summed E-state index contributed by atoms with van der Waals surface area (Å²) in [5.41, 5.74) is -1.01. The van der Waals surface area contributed by atoms with Gasteiger partial charge in [0.05, 0.1) is 10.9 Å². The lowest BCUT2D eigenvalue weighted by molar-refractivity contribution is -0.137. The van der Waals surface area contributed by atoms with Crippen molar-refractivity contribution < 1.29 is 14.7 Å². The molecule has 0 atom stereocenters. The van der Waals surface area contributed by atoms with Gasteiger partial charge in [0.25, 0.3) is 11.5 Å². The average molecular weight is 320 g/mol. The molecule has 0 spiro atoms. The Hall–Kier alpha value is -2.97. The molecule has 0 bridgehead atoms. The first-order valence-electron chi connectivity index (χ1n) is 6.95. The molecule has 2 heterocycles. The maximum Gasteiger partial charge on any atom is 0.329 e. The smallest absolute Gasteiger partial charge is 0.329 e. The maximum atomic E-state index is 12.4. The third-order valence-electron chi connectivity index (χ3n) is 3.31. The number of carboxylic acids is 1. The number of hydrogen-bond donors (Lipinski definition) is 2. The van der Waals surface area contributed by atoms with Crippen molar-refractivity contribution in [2.24, 2.45) is 7.05 Å². The van der Waals surface area contributed by atoms with Gasteiger partial charge in [0.1, 0.15) is 12.2 Å². The average Bonchev–Trinajstić information content (AvgIpc) is 2.50. The summed E-state index contributed by atoms with van der Waals surface area (Å²) in [6, 6.07) is 1.31. The topological polar surface area (TPSA) is 125 Å². The number of carbonyl (C=O) groups is 2. The molecule has 0 aliphatic heterocycles. The highest BCUT2D eigenvalue weighted by molar-refractivity contribution is 5.98. The van der Waals surface area contributed by atoms with Gasteiger partial charge in [-0.2, -0.15) is 0 Å². The molecule has 0 aliphatic rings. The van der Waals surface area contributed by atoms with Gasteiger partial charge in [0.2, 0.25) is 0 Å². The van der Waals surface area contributed by atoms with E-state index < -0.39 is 29.7 Å². The summed E-state index contributed by atoms with van der Waals surface area (Å²) in [6.45, 7) is 1.66. The van der Waals surface area contributed by atoms with Crippen molar-refractivity contribution in [3.05, 3.63) is 38.7 Å². The van der Waals surface area contributed by atoms with Gasteiger partial charge < -0.3 is 10.0 Å². The van der Waals surface area contributed by atoms with Crippen LogP contribution >= 0.6 is 0 Å². The molecule has 2 rings (SSSR count). The monoisotopic (exact) mass is 320 g/mol. The molecule has 2 aromatic heterocycles. The standard InChI is InChI=1S/C14H16N4O5/c1-3-4-18(7-10(19)20)13(22)8-5-9-11(15-6-8)17(2)14(23)16-12(9)21/h5-6H,3-4,7H2,1-2H3,(H,19,20)(H,16,21,23). The van der Waals surface area contributed by atoms with E-state index in [0.29, 0.717) is 6.42 Å². The van der Waals surface area contributed by atoms with Crippen molar-refractivity contribution in [3.63, 3.8) is 0 Å². The molecular formula is C14H16N4O5. The summed E-state index contributed by atoms with van der Waals surface area (Å²) in [7, 11) is 1.45. The fourth-order valence-electron chi connectivity index (χ4n) is 2.22. The number of H-pyrrole nitrogens is 1. The zero-order chi connectivity index (χ0) is 17.1. The number of fused-ring (bicyclic) bond motifs is 1. The SMILES string of the molecule is CCCN(CC(=O)O)C(=O)c1cnc2c(c1)c(=O)[nH]c(=O)n2C. The molecule has 9 nitrogen and oxygen atoms in total. The molecule has 2 N–H and O–H groups in total. The molecule has 0 radical (unpaired) electrons. The lowest BCUT2D eigenvalue weighted by Crippen LogP contribution is -2.36. The normalized spacial score (nSPS) is 10.7. The van der Waals surface area contributed by atoms with E-state index in [1.807, 2.05) is 6.92 Å². The minimum Gasteiger partial charge on any atom is -0.480 e. The van der Waals surface area contributed by atoms with Crippen LogP contribution in [0.5, 0.6) is 0 Å². The second-order valence-electron chi connectivity index (χ2n) is 5.03. The maximum absolute atomic E-state index is 12.4. The fraction of sp³-hybridized carbons (Fsp3) is 0.357. The van der Waals surface area contributed by atoms with Crippen molar-refractivity contribution >= 4 is 22.9 Å². The summed E-state index contributed by atoms with van der Waals surface area (Å²) in [4.78, 5) is 54.0. The van der Waals surface area contributed by atoms with E-state index in [4.69, 9.17) is 5.11 Å². The van der Waals surface area contributed by atoms with Crippen LogP contribution in [-0.4, -0.2) is 49.5 Å². The zero-order valence-electron chi connectivity index (χ0n) is 12.7. The van der Waals surface area contributed by atoms with Gasteiger partial charge in [-0.15, -0.1) is 0 Å².